The van der Waals surface area contributed by atoms with Gasteiger partial charge in [-0.2, -0.15) is 0 Å². The van der Waals surface area contributed by atoms with Gasteiger partial charge in [0.15, 0.2) is 0 Å². The summed E-state index contributed by atoms with van der Waals surface area (Å²) in [5, 5.41) is 4.17. The lowest BCUT2D eigenvalue weighted by atomic mass is 9.71. The van der Waals surface area contributed by atoms with Gasteiger partial charge in [-0.3, -0.25) is 0 Å². The fourth-order valence-electron chi connectivity index (χ4n) is 2.78. The molecular weight excluding hydrogens is 296 g/mol. The maximum Gasteiger partial charge on any atom is 0.145 e. The van der Waals surface area contributed by atoms with Crippen LogP contribution in [0.5, 0.6) is 0 Å². The Morgan fingerprint density at radius 1 is 1.00 bits per heavy atom. The van der Waals surface area contributed by atoms with Crippen LogP contribution in [0.4, 0.5) is 4.39 Å². The van der Waals surface area contributed by atoms with E-state index in [0.29, 0.717) is 12.0 Å². The van der Waals surface area contributed by atoms with Crippen LogP contribution in [0.2, 0.25) is 10.0 Å². The standard InChI is InChI=1S/C16H14Cl2FN/c17-13-6-2-1-5-12(13)16(9-20-10-16)8-11-4-3-7-14(18)15(11)19/h1-7,20H,8-10H2. The van der Waals surface area contributed by atoms with Gasteiger partial charge in [0, 0.05) is 23.5 Å². The molecule has 0 spiro atoms. The summed E-state index contributed by atoms with van der Waals surface area (Å²) in [6.07, 6.45) is 0.593. The second-order valence-electron chi connectivity index (χ2n) is 5.25. The SMILES string of the molecule is Fc1c(Cl)cccc1CC1(c2ccccc2Cl)CNC1. The molecule has 1 fully saturated rings. The molecule has 1 saturated heterocycles. The quantitative estimate of drug-likeness (QED) is 0.895. The topological polar surface area (TPSA) is 12.0 Å². The van der Waals surface area contributed by atoms with E-state index in [1.807, 2.05) is 24.3 Å². The van der Waals surface area contributed by atoms with Gasteiger partial charge in [-0.1, -0.05) is 53.5 Å². The molecular formula is C16H14Cl2FN. The minimum absolute atomic E-state index is 0.149. The Kier molecular flexibility index (Phi) is 3.72. The minimum atomic E-state index is -0.326. The molecule has 0 atom stereocenters. The molecule has 1 aliphatic rings. The number of hydrogen-bond acceptors (Lipinski definition) is 1. The zero-order chi connectivity index (χ0) is 14.2. The van der Waals surface area contributed by atoms with E-state index in [4.69, 9.17) is 23.2 Å². The lowest BCUT2D eigenvalue weighted by Crippen LogP contribution is -2.58. The highest BCUT2D eigenvalue weighted by molar-refractivity contribution is 6.31. The van der Waals surface area contributed by atoms with Gasteiger partial charge in [-0.05, 0) is 29.7 Å². The smallest absolute Gasteiger partial charge is 0.145 e. The van der Waals surface area contributed by atoms with Crippen molar-refractivity contribution in [1.29, 1.82) is 0 Å². The van der Waals surface area contributed by atoms with Crippen LogP contribution in [0.1, 0.15) is 11.1 Å². The highest BCUT2D eigenvalue weighted by Gasteiger charge is 2.40. The summed E-state index contributed by atoms with van der Waals surface area (Å²) in [5.74, 6) is -0.326. The lowest BCUT2D eigenvalue weighted by Gasteiger charge is -2.44. The molecule has 0 radical (unpaired) electrons. The van der Waals surface area contributed by atoms with E-state index < -0.39 is 0 Å². The Hall–Kier alpha value is -1.09. The predicted molar refractivity (Wildman–Crippen MR) is 81.1 cm³/mol. The van der Waals surface area contributed by atoms with Crippen molar-refractivity contribution in [1.82, 2.24) is 5.32 Å². The fourth-order valence-corrected chi connectivity index (χ4v) is 3.31. The molecule has 0 saturated carbocycles. The van der Waals surface area contributed by atoms with E-state index in [-0.39, 0.29) is 16.3 Å². The molecule has 0 aromatic heterocycles. The Balaban J connectivity index is 1.99. The van der Waals surface area contributed by atoms with E-state index in [1.165, 1.54) is 0 Å². The first kappa shape index (κ1) is 13.9. The number of halogens is 3. The summed E-state index contributed by atoms with van der Waals surface area (Å²) in [6, 6.07) is 12.9. The number of hydrogen-bond donors (Lipinski definition) is 1. The molecule has 0 amide bonds. The average molecular weight is 310 g/mol. The monoisotopic (exact) mass is 309 g/mol. The van der Waals surface area contributed by atoms with E-state index in [2.05, 4.69) is 5.32 Å². The predicted octanol–water partition coefficient (Wildman–Crippen LogP) is 4.22. The van der Waals surface area contributed by atoms with Crippen molar-refractivity contribution in [3.63, 3.8) is 0 Å². The molecule has 1 aliphatic heterocycles. The first-order valence-electron chi connectivity index (χ1n) is 6.51. The second-order valence-corrected chi connectivity index (χ2v) is 6.07. The van der Waals surface area contributed by atoms with Crippen molar-refractivity contribution in [3.8, 4) is 0 Å². The third-order valence-electron chi connectivity index (χ3n) is 3.93. The molecule has 2 aromatic carbocycles. The van der Waals surface area contributed by atoms with Gasteiger partial charge < -0.3 is 5.32 Å². The normalized spacial score (nSPS) is 16.8. The molecule has 1 N–H and O–H groups in total. The summed E-state index contributed by atoms with van der Waals surface area (Å²) < 4.78 is 14.1. The fraction of sp³-hybridized carbons (Fsp3) is 0.250. The van der Waals surface area contributed by atoms with E-state index in [9.17, 15) is 4.39 Å². The Bertz CT molecular complexity index is 638. The third kappa shape index (κ3) is 2.32. The van der Waals surface area contributed by atoms with Gasteiger partial charge >= 0.3 is 0 Å². The van der Waals surface area contributed by atoms with E-state index in [1.54, 1.807) is 18.2 Å². The average Bonchev–Trinajstić information content (AvgIpc) is 2.40. The van der Waals surface area contributed by atoms with Crippen molar-refractivity contribution in [2.24, 2.45) is 0 Å². The summed E-state index contributed by atoms with van der Waals surface area (Å²) in [6.45, 7) is 1.59. The highest BCUT2D eigenvalue weighted by Crippen LogP contribution is 2.37. The van der Waals surface area contributed by atoms with E-state index in [0.717, 1.165) is 23.7 Å². The molecule has 1 nitrogen and oxygen atoms in total. The Labute approximate surface area is 127 Å². The maximum atomic E-state index is 14.1. The van der Waals surface area contributed by atoms with Crippen molar-refractivity contribution < 1.29 is 4.39 Å². The van der Waals surface area contributed by atoms with Gasteiger partial charge in [-0.15, -0.1) is 0 Å². The lowest BCUT2D eigenvalue weighted by molar-refractivity contribution is 0.272. The maximum absolute atomic E-state index is 14.1. The van der Waals surface area contributed by atoms with Gasteiger partial charge in [0.25, 0.3) is 0 Å². The van der Waals surface area contributed by atoms with Gasteiger partial charge in [0.1, 0.15) is 5.82 Å². The highest BCUT2D eigenvalue weighted by atomic mass is 35.5. The number of rotatable bonds is 3. The van der Waals surface area contributed by atoms with Crippen molar-refractivity contribution in [3.05, 3.63) is 69.5 Å². The third-order valence-corrected chi connectivity index (χ3v) is 4.55. The van der Waals surface area contributed by atoms with Crippen LogP contribution in [0.25, 0.3) is 0 Å². The molecule has 0 unspecified atom stereocenters. The molecule has 2 aromatic rings. The number of benzene rings is 2. The molecule has 1 heterocycles. The van der Waals surface area contributed by atoms with Gasteiger partial charge in [0.05, 0.1) is 5.02 Å². The zero-order valence-electron chi connectivity index (χ0n) is 10.8. The molecule has 0 bridgehead atoms. The van der Waals surface area contributed by atoms with Gasteiger partial charge in [0.2, 0.25) is 0 Å². The summed E-state index contributed by atoms with van der Waals surface area (Å²) >= 11 is 12.2. The summed E-state index contributed by atoms with van der Waals surface area (Å²) in [4.78, 5) is 0. The van der Waals surface area contributed by atoms with Crippen LogP contribution in [0.15, 0.2) is 42.5 Å². The largest absolute Gasteiger partial charge is 0.315 e. The second kappa shape index (κ2) is 5.36. The van der Waals surface area contributed by atoms with E-state index >= 15 is 0 Å². The molecule has 4 heteroatoms. The van der Waals surface area contributed by atoms with Crippen molar-refractivity contribution in [2.75, 3.05) is 13.1 Å². The Morgan fingerprint density at radius 2 is 1.70 bits per heavy atom. The molecule has 0 aliphatic carbocycles. The van der Waals surface area contributed by atoms with Crippen molar-refractivity contribution >= 4 is 23.2 Å². The van der Waals surface area contributed by atoms with Crippen LogP contribution in [-0.4, -0.2) is 13.1 Å². The molecule has 104 valence electrons. The van der Waals surface area contributed by atoms with Gasteiger partial charge in [-0.25, -0.2) is 4.39 Å². The molecule has 3 rings (SSSR count). The minimum Gasteiger partial charge on any atom is -0.315 e. The Morgan fingerprint density at radius 3 is 2.35 bits per heavy atom. The first-order valence-corrected chi connectivity index (χ1v) is 7.27. The van der Waals surface area contributed by atoms with Crippen LogP contribution in [0.3, 0.4) is 0 Å². The summed E-state index contributed by atoms with van der Waals surface area (Å²) in [7, 11) is 0. The summed E-state index contributed by atoms with van der Waals surface area (Å²) in [5.41, 5.74) is 1.56. The number of nitrogens with one attached hydrogen (secondary N) is 1. The van der Waals surface area contributed by atoms with Crippen molar-refractivity contribution in [2.45, 2.75) is 11.8 Å². The zero-order valence-corrected chi connectivity index (χ0v) is 12.3. The molecule has 20 heavy (non-hydrogen) atoms. The van der Waals surface area contributed by atoms with Crippen LogP contribution < -0.4 is 5.32 Å². The van der Waals surface area contributed by atoms with Crippen LogP contribution in [0, 0.1) is 5.82 Å². The van der Waals surface area contributed by atoms with Crippen LogP contribution >= 0.6 is 23.2 Å². The van der Waals surface area contributed by atoms with Crippen LogP contribution in [-0.2, 0) is 11.8 Å². The first-order chi connectivity index (χ1) is 9.62.